The van der Waals surface area contributed by atoms with E-state index in [1.165, 1.54) is 18.4 Å². The Morgan fingerprint density at radius 1 is 1.25 bits per heavy atom. The van der Waals surface area contributed by atoms with Crippen molar-refractivity contribution in [3.05, 3.63) is 35.9 Å². The lowest BCUT2D eigenvalue weighted by molar-refractivity contribution is -0.122. The molecular formula is C20H32N2O2. The molecule has 0 aliphatic carbocycles. The maximum atomic E-state index is 12.0. The lowest BCUT2D eigenvalue weighted by atomic mass is 9.84. The molecule has 1 unspecified atom stereocenters. The van der Waals surface area contributed by atoms with Gasteiger partial charge in [-0.1, -0.05) is 37.3 Å². The van der Waals surface area contributed by atoms with Crippen LogP contribution in [0.1, 0.15) is 38.2 Å². The van der Waals surface area contributed by atoms with E-state index >= 15 is 0 Å². The largest absolute Gasteiger partial charge is 0.381 e. The number of ether oxygens (including phenoxy) is 1. The van der Waals surface area contributed by atoms with E-state index in [2.05, 4.69) is 41.8 Å². The molecule has 4 heteroatoms. The topological polar surface area (TPSA) is 50.4 Å². The molecule has 0 aromatic heterocycles. The predicted molar refractivity (Wildman–Crippen MR) is 98.0 cm³/mol. The van der Waals surface area contributed by atoms with Crippen LogP contribution in [0.3, 0.4) is 0 Å². The molecule has 1 saturated heterocycles. The summed E-state index contributed by atoms with van der Waals surface area (Å²) in [6.45, 7) is 6.56. The van der Waals surface area contributed by atoms with Crippen molar-refractivity contribution in [2.45, 2.75) is 39.0 Å². The molecule has 1 aliphatic heterocycles. The lowest BCUT2D eigenvalue weighted by Gasteiger charge is -2.27. The Kier molecular flexibility index (Phi) is 8.85. The smallest absolute Gasteiger partial charge is 0.220 e. The van der Waals surface area contributed by atoms with Crippen molar-refractivity contribution in [3.63, 3.8) is 0 Å². The van der Waals surface area contributed by atoms with Gasteiger partial charge in [0, 0.05) is 19.6 Å². The van der Waals surface area contributed by atoms with E-state index in [4.69, 9.17) is 4.74 Å². The molecule has 2 rings (SSSR count). The monoisotopic (exact) mass is 332 g/mol. The van der Waals surface area contributed by atoms with Crippen LogP contribution in [0.15, 0.2) is 30.3 Å². The zero-order valence-electron chi connectivity index (χ0n) is 14.9. The van der Waals surface area contributed by atoms with E-state index in [1.807, 2.05) is 6.07 Å². The molecule has 2 N–H and O–H groups in total. The zero-order chi connectivity index (χ0) is 17.0. The van der Waals surface area contributed by atoms with Crippen LogP contribution >= 0.6 is 0 Å². The van der Waals surface area contributed by atoms with Crippen molar-refractivity contribution in [1.29, 1.82) is 0 Å². The van der Waals surface area contributed by atoms with Crippen LogP contribution in [0.2, 0.25) is 0 Å². The Morgan fingerprint density at radius 3 is 2.75 bits per heavy atom. The highest BCUT2D eigenvalue weighted by molar-refractivity contribution is 5.76. The maximum absolute atomic E-state index is 12.0. The number of hydrogen-bond acceptors (Lipinski definition) is 3. The van der Waals surface area contributed by atoms with Gasteiger partial charge in [-0.25, -0.2) is 0 Å². The molecule has 0 saturated carbocycles. The van der Waals surface area contributed by atoms with Crippen molar-refractivity contribution in [2.75, 3.05) is 32.8 Å². The number of piperidine rings is 1. The summed E-state index contributed by atoms with van der Waals surface area (Å²) >= 11 is 0. The normalized spacial score (nSPS) is 16.7. The van der Waals surface area contributed by atoms with Gasteiger partial charge in [-0.05, 0) is 56.2 Å². The second-order valence-electron chi connectivity index (χ2n) is 6.82. The van der Waals surface area contributed by atoms with Gasteiger partial charge in [0.15, 0.2) is 0 Å². The van der Waals surface area contributed by atoms with Crippen molar-refractivity contribution in [2.24, 2.45) is 11.8 Å². The number of nitrogens with one attached hydrogen (secondary N) is 2. The van der Waals surface area contributed by atoms with Crippen LogP contribution in [0.25, 0.3) is 0 Å². The molecule has 24 heavy (non-hydrogen) atoms. The molecule has 1 amide bonds. The molecule has 4 nitrogen and oxygen atoms in total. The summed E-state index contributed by atoms with van der Waals surface area (Å²) in [5, 5.41) is 6.40. The highest BCUT2D eigenvalue weighted by atomic mass is 16.5. The van der Waals surface area contributed by atoms with Crippen LogP contribution in [0.5, 0.6) is 0 Å². The van der Waals surface area contributed by atoms with Gasteiger partial charge >= 0.3 is 0 Å². The van der Waals surface area contributed by atoms with Crippen LogP contribution in [0.4, 0.5) is 0 Å². The molecule has 1 aromatic rings. The molecule has 0 radical (unpaired) electrons. The van der Waals surface area contributed by atoms with Gasteiger partial charge in [0.2, 0.25) is 5.91 Å². The Morgan fingerprint density at radius 2 is 2.00 bits per heavy atom. The Bertz CT molecular complexity index is 458. The molecule has 134 valence electrons. The molecule has 1 aliphatic rings. The fraction of sp³-hybridized carbons (Fsp3) is 0.650. The van der Waals surface area contributed by atoms with Gasteiger partial charge in [0.1, 0.15) is 0 Å². The van der Waals surface area contributed by atoms with Crippen molar-refractivity contribution in [3.8, 4) is 0 Å². The predicted octanol–water partition coefficient (Wildman–Crippen LogP) is 2.78. The second-order valence-corrected chi connectivity index (χ2v) is 6.82. The van der Waals surface area contributed by atoms with Gasteiger partial charge < -0.3 is 15.4 Å². The fourth-order valence-electron chi connectivity index (χ4n) is 3.28. The second kappa shape index (κ2) is 11.2. The van der Waals surface area contributed by atoms with Crippen molar-refractivity contribution < 1.29 is 9.53 Å². The molecule has 1 atom stereocenters. The van der Waals surface area contributed by atoms with E-state index in [1.54, 1.807) is 0 Å². The Labute approximate surface area is 146 Å². The number of amides is 1. The summed E-state index contributed by atoms with van der Waals surface area (Å²) in [5.74, 6) is 1.36. The van der Waals surface area contributed by atoms with Gasteiger partial charge in [-0.2, -0.15) is 0 Å². The first-order valence-corrected chi connectivity index (χ1v) is 9.35. The molecule has 1 heterocycles. The average Bonchev–Trinajstić information content (AvgIpc) is 2.62. The number of benzene rings is 1. The average molecular weight is 332 g/mol. The number of rotatable bonds is 10. The van der Waals surface area contributed by atoms with Crippen LogP contribution in [-0.2, 0) is 16.0 Å². The maximum Gasteiger partial charge on any atom is 0.220 e. The van der Waals surface area contributed by atoms with Gasteiger partial charge in [-0.15, -0.1) is 0 Å². The molecular weight excluding hydrogens is 300 g/mol. The highest BCUT2D eigenvalue weighted by Crippen LogP contribution is 2.24. The highest BCUT2D eigenvalue weighted by Gasteiger charge is 2.21. The van der Waals surface area contributed by atoms with E-state index in [0.29, 0.717) is 31.4 Å². The summed E-state index contributed by atoms with van der Waals surface area (Å²) < 4.78 is 5.64. The van der Waals surface area contributed by atoms with Crippen LogP contribution in [0, 0.1) is 11.8 Å². The molecule has 1 fully saturated rings. The number of carbonyl (C=O) groups is 1. The lowest BCUT2D eigenvalue weighted by Crippen LogP contribution is -2.33. The molecule has 0 bridgehead atoms. The van der Waals surface area contributed by atoms with Gasteiger partial charge in [-0.3, -0.25) is 4.79 Å². The summed E-state index contributed by atoms with van der Waals surface area (Å²) in [5.41, 5.74) is 1.30. The molecule has 0 spiro atoms. The summed E-state index contributed by atoms with van der Waals surface area (Å²) in [6, 6.07) is 10.4. The first-order chi connectivity index (χ1) is 11.8. The zero-order valence-corrected chi connectivity index (χ0v) is 14.9. The minimum absolute atomic E-state index is 0.185. The van der Waals surface area contributed by atoms with E-state index in [0.717, 1.165) is 32.5 Å². The quantitative estimate of drug-likeness (QED) is 0.648. The first kappa shape index (κ1) is 18.9. The van der Waals surface area contributed by atoms with E-state index in [9.17, 15) is 4.79 Å². The van der Waals surface area contributed by atoms with Crippen LogP contribution in [-0.4, -0.2) is 38.8 Å². The van der Waals surface area contributed by atoms with E-state index in [-0.39, 0.29) is 5.91 Å². The number of hydrogen-bond donors (Lipinski definition) is 2. The summed E-state index contributed by atoms with van der Waals surface area (Å²) in [6.07, 6.45) is 4.87. The van der Waals surface area contributed by atoms with Crippen molar-refractivity contribution >= 4 is 5.91 Å². The van der Waals surface area contributed by atoms with Gasteiger partial charge in [0.25, 0.3) is 0 Å². The standard InChI is InChI=1S/C20H32N2O2/c1-17(19-8-12-21-13-9-19)16-20(23)22-11-5-14-24-15-10-18-6-3-2-4-7-18/h2-4,6-7,17,19,21H,5,8-16H2,1H3,(H,22,23). The molecule has 1 aromatic carbocycles. The van der Waals surface area contributed by atoms with Gasteiger partial charge in [0.05, 0.1) is 6.61 Å². The SMILES string of the molecule is CC(CC(=O)NCCCOCCc1ccccc1)C1CCNCC1. The third-order valence-electron chi connectivity index (χ3n) is 4.86. The minimum atomic E-state index is 0.185. The third-order valence-corrected chi connectivity index (χ3v) is 4.86. The summed E-state index contributed by atoms with van der Waals surface area (Å²) in [7, 11) is 0. The van der Waals surface area contributed by atoms with Crippen LogP contribution < -0.4 is 10.6 Å². The van der Waals surface area contributed by atoms with Crippen molar-refractivity contribution in [1.82, 2.24) is 10.6 Å². The number of carbonyl (C=O) groups excluding carboxylic acids is 1. The minimum Gasteiger partial charge on any atom is -0.381 e. The Hall–Kier alpha value is -1.39. The fourth-order valence-corrected chi connectivity index (χ4v) is 3.28. The van der Waals surface area contributed by atoms with E-state index < -0.39 is 0 Å². The summed E-state index contributed by atoms with van der Waals surface area (Å²) in [4.78, 5) is 12.0. The first-order valence-electron chi connectivity index (χ1n) is 9.35. The Balaban J connectivity index is 1.45. The third kappa shape index (κ3) is 7.45.